The number of nitrogens with one attached hydrogen (secondary N) is 1. The minimum atomic E-state index is -0.207. The molecule has 4 fully saturated rings. The van der Waals surface area contributed by atoms with Crippen molar-refractivity contribution in [3.05, 3.63) is 47.0 Å². The highest BCUT2D eigenvalue weighted by molar-refractivity contribution is 5.31. The molecule has 3 heteroatoms. The van der Waals surface area contributed by atoms with Gasteiger partial charge in [-0.3, -0.25) is 0 Å². The lowest BCUT2D eigenvalue weighted by Crippen LogP contribution is -2.54. The predicted molar refractivity (Wildman–Crippen MR) is 129 cm³/mol. The molecule has 0 aromatic heterocycles. The lowest BCUT2D eigenvalue weighted by molar-refractivity contribution is -0.102. The Bertz CT molecular complexity index is 914. The second-order valence-corrected chi connectivity index (χ2v) is 11.8. The maximum absolute atomic E-state index is 10.8. The summed E-state index contributed by atoms with van der Waals surface area (Å²) >= 11 is 0. The van der Waals surface area contributed by atoms with E-state index in [1.165, 1.54) is 56.1 Å². The van der Waals surface area contributed by atoms with E-state index in [0.717, 1.165) is 36.3 Å². The molecule has 0 spiro atoms. The Hall–Kier alpha value is -1.63. The van der Waals surface area contributed by atoms with Gasteiger partial charge in [-0.15, -0.1) is 0 Å². The number of nitrogens with zero attached hydrogens (tertiary/aromatic N) is 1. The summed E-state index contributed by atoms with van der Waals surface area (Å²) in [7, 11) is 0. The summed E-state index contributed by atoms with van der Waals surface area (Å²) in [5, 5.41) is 23.6. The summed E-state index contributed by atoms with van der Waals surface area (Å²) in [6.07, 6.45) is 12.3. The van der Waals surface area contributed by atoms with Gasteiger partial charge in [0.05, 0.1) is 17.7 Å². The van der Waals surface area contributed by atoms with Gasteiger partial charge in [0, 0.05) is 12.6 Å². The van der Waals surface area contributed by atoms with Gasteiger partial charge in [-0.2, -0.15) is 5.26 Å². The highest BCUT2D eigenvalue weighted by Gasteiger charge is 2.60. The van der Waals surface area contributed by atoms with E-state index in [0.29, 0.717) is 17.4 Å². The molecular formula is C29H40N2O. The molecule has 0 aliphatic heterocycles. The Balaban J connectivity index is 1.25. The molecule has 4 aliphatic carbocycles. The fourth-order valence-electron chi connectivity index (χ4n) is 8.79. The van der Waals surface area contributed by atoms with Crippen molar-refractivity contribution >= 4 is 0 Å². The first-order valence-corrected chi connectivity index (χ1v) is 13.0. The fourth-order valence-corrected chi connectivity index (χ4v) is 8.79. The van der Waals surface area contributed by atoms with Crippen LogP contribution >= 0.6 is 0 Å². The lowest BCUT2D eigenvalue weighted by atomic mass is 9.45. The normalized spacial score (nSPS) is 44.4. The first kappa shape index (κ1) is 22.2. The third kappa shape index (κ3) is 3.46. The Kier molecular flexibility index (Phi) is 5.75. The van der Waals surface area contributed by atoms with Crippen LogP contribution in [-0.4, -0.2) is 17.3 Å². The second-order valence-electron chi connectivity index (χ2n) is 11.8. The molecule has 1 aromatic rings. The number of rotatable bonds is 3. The van der Waals surface area contributed by atoms with Crippen molar-refractivity contribution in [2.45, 2.75) is 90.8 Å². The Labute approximate surface area is 194 Å². The van der Waals surface area contributed by atoms with Crippen molar-refractivity contribution in [3.8, 4) is 6.07 Å². The highest BCUT2D eigenvalue weighted by atomic mass is 16.3. The summed E-state index contributed by atoms with van der Waals surface area (Å²) in [6, 6.07) is 10.8. The van der Waals surface area contributed by atoms with Crippen LogP contribution in [0.3, 0.4) is 0 Å². The standard InChI is InChI=1S/C29H40N2O/c1-4-24-27(32)16-26-23-10-9-21-15-22(31-18-20-7-5-19(17-30)6-8-20)11-13-28(21,2)25(23)12-14-29(24,26)3/h4-8,21-23,25-27,31-32H,9-16,18H2,1-3H3/b24-4-/t21?,22-,23?,25?,26?,27-,28+,29-/m1/s1. The van der Waals surface area contributed by atoms with Gasteiger partial charge in [-0.05, 0) is 116 Å². The van der Waals surface area contributed by atoms with Gasteiger partial charge in [0.2, 0.25) is 0 Å². The van der Waals surface area contributed by atoms with Crippen molar-refractivity contribution in [1.29, 1.82) is 5.26 Å². The quantitative estimate of drug-likeness (QED) is 0.578. The zero-order chi connectivity index (χ0) is 22.5. The van der Waals surface area contributed by atoms with Gasteiger partial charge >= 0.3 is 0 Å². The van der Waals surface area contributed by atoms with Crippen molar-refractivity contribution in [2.24, 2.45) is 34.5 Å². The number of hydrogen-bond acceptors (Lipinski definition) is 3. The van der Waals surface area contributed by atoms with E-state index >= 15 is 0 Å². The molecular weight excluding hydrogens is 392 g/mol. The average Bonchev–Trinajstić information content (AvgIpc) is 3.07. The summed E-state index contributed by atoms with van der Waals surface area (Å²) in [4.78, 5) is 0. The van der Waals surface area contributed by atoms with Gasteiger partial charge in [0.15, 0.2) is 0 Å². The molecule has 0 amide bonds. The molecule has 0 radical (unpaired) electrons. The maximum Gasteiger partial charge on any atom is 0.0991 e. The van der Waals surface area contributed by atoms with Crippen molar-refractivity contribution in [3.63, 3.8) is 0 Å². The molecule has 172 valence electrons. The minimum absolute atomic E-state index is 0.207. The molecule has 2 N–H and O–H groups in total. The molecule has 32 heavy (non-hydrogen) atoms. The molecule has 4 unspecified atom stereocenters. The Morgan fingerprint density at radius 2 is 1.84 bits per heavy atom. The van der Waals surface area contributed by atoms with Crippen LogP contribution in [0, 0.1) is 45.8 Å². The van der Waals surface area contributed by atoms with E-state index in [4.69, 9.17) is 5.26 Å². The van der Waals surface area contributed by atoms with Gasteiger partial charge in [-0.1, -0.05) is 32.1 Å². The van der Waals surface area contributed by atoms with Crippen LogP contribution in [-0.2, 0) is 6.54 Å². The topological polar surface area (TPSA) is 56.0 Å². The van der Waals surface area contributed by atoms with E-state index < -0.39 is 0 Å². The monoisotopic (exact) mass is 432 g/mol. The minimum Gasteiger partial charge on any atom is -0.389 e. The highest BCUT2D eigenvalue weighted by Crippen LogP contribution is 2.67. The number of allylic oxidation sites excluding steroid dienone is 1. The van der Waals surface area contributed by atoms with Crippen molar-refractivity contribution in [2.75, 3.05) is 0 Å². The molecule has 4 saturated carbocycles. The number of benzene rings is 1. The molecule has 1 aromatic carbocycles. The molecule has 4 aliphatic rings. The van der Waals surface area contributed by atoms with Crippen LogP contribution in [0.5, 0.6) is 0 Å². The number of fused-ring (bicyclic) bond motifs is 5. The van der Waals surface area contributed by atoms with Crippen LogP contribution in [0.25, 0.3) is 0 Å². The molecule has 0 heterocycles. The van der Waals surface area contributed by atoms with E-state index in [1.807, 2.05) is 12.1 Å². The molecule has 0 saturated heterocycles. The Morgan fingerprint density at radius 1 is 1.06 bits per heavy atom. The van der Waals surface area contributed by atoms with E-state index in [-0.39, 0.29) is 11.5 Å². The number of aliphatic hydroxyl groups excluding tert-OH is 1. The first-order chi connectivity index (χ1) is 15.4. The number of hydrogen-bond donors (Lipinski definition) is 2. The second kappa shape index (κ2) is 8.30. The summed E-state index contributed by atoms with van der Waals surface area (Å²) in [5.74, 6) is 3.13. The van der Waals surface area contributed by atoms with Crippen molar-refractivity contribution in [1.82, 2.24) is 5.32 Å². The summed E-state index contributed by atoms with van der Waals surface area (Å²) in [6.45, 7) is 8.10. The van der Waals surface area contributed by atoms with Gasteiger partial charge < -0.3 is 10.4 Å². The largest absolute Gasteiger partial charge is 0.389 e. The van der Waals surface area contributed by atoms with Crippen LogP contribution in [0.15, 0.2) is 35.9 Å². The zero-order valence-corrected chi connectivity index (χ0v) is 20.1. The summed E-state index contributed by atoms with van der Waals surface area (Å²) < 4.78 is 0. The van der Waals surface area contributed by atoms with Crippen LogP contribution < -0.4 is 5.32 Å². The van der Waals surface area contributed by atoms with Crippen LogP contribution in [0.1, 0.15) is 83.3 Å². The Morgan fingerprint density at radius 3 is 2.56 bits per heavy atom. The van der Waals surface area contributed by atoms with E-state index in [1.54, 1.807) is 0 Å². The summed E-state index contributed by atoms with van der Waals surface area (Å²) in [5.41, 5.74) is 4.05. The maximum atomic E-state index is 10.8. The smallest absolute Gasteiger partial charge is 0.0991 e. The van der Waals surface area contributed by atoms with Gasteiger partial charge in [-0.25, -0.2) is 0 Å². The third-order valence-electron chi connectivity index (χ3n) is 10.5. The molecule has 5 rings (SSSR count). The first-order valence-electron chi connectivity index (χ1n) is 13.0. The molecule has 8 atom stereocenters. The predicted octanol–water partition coefficient (Wildman–Crippen LogP) is 5.98. The van der Waals surface area contributed by atoms with Crippen LogP contribution in [0.2, 0.25) is 0 Å². The third-order valence-corrected chi connectivity index (χ3v) is 10.5. The van der Waals surface area contributed by atoms with Crippen LogP contribution in [0.4, 0.5) is 0 Å². The molecule has 3 nitrogen and oxygen atoms in total. The van der Waals surface area contributed by atoms with Crippen molar-refractivity contribution < 1.29 is 5.11 Å². The zero-order valence-electron chi connectivity index (χ0n) is 20.1. The fraction of sp³-hybridized carbons (Fsp3) is 0.690. The average molecular weight is 433 g/mol. The lowest BCUT2D eigenvalue weighted by Gasteiger charge is -2.60. The molecule has 0 bridgehead atoms. The van der Waals surface area contributed by atoms with Gasteiger partial charge in [0.1, 0.15) is 0 Å². The number of nitriles is 1. The number of aliphatic hydroxyl groups is 1. The van der Waals surface area contributed by atoms with Gasteiger partial charge in [0.25, 0.3) is 0 Å². The van der Waals surface area contributed by atoms with E-state index in [9.17, 15) is 5.11 Å². The van der Waals surface area contributed by atoms with E-state index in [2.05, 4.69) is 50.4 Å². The SMILES string of the molecule is C/C=C1/[C@H](O)CC2C3CCC4C[C@H](NCc5ccc(C#N)cc5)CC[C@]4(C)C3CC[C@]12C.